The Morgan fingerprint density at radius 2 is 2.14 bits per heavy atom. The molecule has 0 saturated heterocycles. The Bertz CT molecular complexity index is 239. The van der Waals surface area contributed by atoms with Gasteiger partial charge in [0.2, 0.25) is 0 Å². The van der Waals surface area contributed by atoms with Crippen LogP contribution in [0.25, 0.3) is 0 Å². The van der Waals surface area contributed by atoms with Crippen molar-refractivity contribution in [1.29, 1.82) is 0 Å². The highest BCUT2D eigenvalue weighted by molar-refractivity contribution is 5.82. The zero-order valence-corrected chi connectivity index (χ0v) is 9.54. The number of esters is 1. The van der Waals surface area contributed by atoms with Gasteiger partial charge in [0.05, 0.1) is 6.61 Å². The van der Waals surface area contributed by atoms with Gasteiger partial charge in [-0.3, -0.25) is 0 Å². The van der Waals surface area contributed by atoms with Crippen LogP contribution in [0.5, 0.6) is 0 Å². The molecule has 1 aliphatic rings. The summed E-state index contributed by atoms with van der Waals surface area (Å²) >= 11 is 0. The highest BCUT2D eigenvalue weighted by atomic mass is 16.5. The molecule has 80 valence electrons. The first-order valence-electron chi connectivity index (χ1n) is 5.27. The van der Waals surface area contributed by atoms with E-state index >= 15 is 0 Å². The summed E-state index contributed by atoms with van der Waals surface area (Å²) in [7, 11) is 0. The summed E-state index contributed by atoms with van der Waals surface area (Å²) in [4.78, 5) is 11.2. The summed E-state index contributed by atoms with van der Waals surface area (Å²) in [5.74, 6) is 0.764. The van der Waals surface area contributed by atoms with Crippen LogP contribution < -0.4 is 0 Å². The Morgan fingerprint density at radius 1 is 1.57 bits per heavy atom. The molecule has 1 rings (SSSR count). The van der Waals surface area contributed by atoms with Gasteiger partial charge in [-0.25, -0.2) is 4.79 Å². The lowest BCUT2D eigenvalue weighted by Crippen LogP contribution is -2.07. The zero-order chi connectivity index (χ0) is 10.8. The lowest BCUT2D eigenvalue weighted by Gasteiger charge is -2.03. The Morgan fingerprint density at radius 3 is 2.57 bits per heavy atom. The first kappa shape index (κ1) is 11.3. The van der Waals surface area contributed by atoms with E-state index in [1.165, 1.54) is 6.42 Å². The quantitative estimate of drug-likeness (QED) is 0.510. The molecule has 0 bridgehead atoms. The van der Waals surface area contributed by atoms with Crippen molar-refractivity contribution in [1.82, 2.24) is 0 Å². The van der Waals surface area contributed by atoms with E-state index in [4.69, 9.17) is 4.74 Å². The first-order valence-corrected chi connectivity index (χ1v) is 5.27. The van der Waals surface area contributed by atoms with Crippen molar-refractivity contribution >= 4 is 5.97 Å². The summed E-state index contributed by atoms with van der Waals surface area (Å²) in [5, 5.41) is 0. The molecule has 0 aliphatic heterocycles. The molecule has 0 aromatic rings. The van der Waals surface area contributed by atoms with E-state index < -0.39 is 0 Å². The van der Waals surface area contributed by atoms with Crippen molar-refractivity contribution in [3.63, 3.8) is 0 Å². The molecular weight excluding hydrogens is 176 g/mol. The van der Waals surface area contributed by atoms with Gasteiger partial charge < -0.3 is 4.74 Å². The van der Waals surface area contributed by atoms with Gasteiger partial charge in [-0.2, -0.15) is 0 Å². The molecule has 0 heterocycles. The third-order valence-corrected chi connectivity index (χ3v) is 2.61. The SMILES string of the molecule is CC(C)COC(=O)C=CC1CC1(C)C. The fraction of sp³-hybridized carbons (Fsp3) is 0.750. The molecule has 0 aromatic heterocycles. The second-order valence-corrected chi connectivity index (χ2v) is 5.18. The van der Waals surface area contributed by atoms with E-state index in [0.29, 0.717) is 23.9 Å². The maximum atomic E-state index is 11.2. The predicted molar refractivity (Wildman–Crippen MR) is 56.8 cm³/mol. The van der Waals surface area contributed by atoms with Crippen LogP contribution in [0, 0.1) is 17.3 Å². The molecule has 0 amide bonds. The summed E-state index contributed by atoms with van der Waals surface area (Å²) in [5.41, 5.74) is 0.398. The lowest BCUT2D eigenvalue weighted by atomic mass is 10.1. The van der Waals surface area contributed by atoms with Gasteiger partial charge in [0.25, 0.3) is 0 Å². The third kappa shape index (κ3) is 3.52. The van der Waals surface area contributed by atoms with E-state index in [1.54, 1.807) is 6.08 Å². The van der Waals surface area contributed by atoms with Crippen LogP contribution in [0.15, 0.2) is 12.2 Å². The molecule has 0 spiro atoms. The molecule has 0 N–H and O–H groups in total. The molecule has 1 aliphatic carbocycles. The second-order valence-electron chi connectivity index (χ2n) is 5.18. The van der Waals surface area contributed by atoms with Crippen LogP contribution in [0.3, 0.4) is 0 Å². The zero-order valence-electron chi connectivity index (χ0n) is 9.54. The van der Waals surface area contributed by atoms with Crippen LogP contribution in [0.2, 0.25) is 0 Å². The Hall–Kier alpha value is -0.790. The first-order chi connectivity index (χ1) is 6.42. The summed E-state index contributed by atoms with van der Waals surface area (Å²) in [6.45, 7) is 8.99. The average Bonchev–Trinajstić information content (AvgIpc) is 2.67. The highest BCUT2D eigenvalue weighted by Gasteiger charge is 2.43. The minimum atomic E-state index is -0.207. The number of carbonyl (C=O) groups is 1. The number of carbonyl (C=O) groups excluding carboxylic acids is 1. The topological polar surface area (TPSA) is 26.3 Å². The number of allylic oxidation sites excluding steroid dienone is 1. The monoisotopic (exact) mass is 196 g/mol. The molecule has 1 unspecified atom stereocenters. The minimum absolute atomic E-state index is 0.207. The van der Waals surface area contributed by atoms with E-state index in [9.17, 15) is 4.79 Å². The molecule has 2 heteroatoms. The smallest absolute Gasteiger partial charge is 0.330 e. The maximum Gasteiger partial charge on any atom is 0.330 e. The van der Waals surface area contributed by atoms with Gasteiger partial charge in [-0.1, -0.05) is 33.8 Å². The molecule has 0 radical (unpaired) electrons. The van der Waals surface area contributed by atoms with Crippen molar-refractivity contribution in [2.75, 3.05) is 6.61 Å². The molecule has 1 saturated carbocycles. The van der Waals surface area contributed by atoms with Gasteiger partial charge in [-0.15, -0.1) is 0 Å². The number of ether oxygens (including phenoxy) is 1. The van der Waals surface area contributed by atoms with E-state index in [2.05, 4.69) is 13.8 Å². The molecule has 1 atom stereocenters. The number of hydrogen-bond donors (Lipinski definition) is 0. The van der Waals surface area contributed by atoms with E-state index in [0.717, 1.165) is 0 Å². The van der Waals surface area contributed by atoms with Crippen LogP contribution in [0.1, 0.15) is 34.1 Å². The van der Waals surface area contributed by atoms with Crippen LogP contribution >= 0.6 is 0 Å². The molecule has 2 nitrogen and oxygen atoms in total. The molecule has 0 aromatic carbocycles. The Labute approximate surface area is 86.3 Å². The predicted octanol–water partition coefficient (Wildman–Crippen LogP) is 2.79. The van der Waals surface area contributed by atoms with Crippen molar-refractivity contribution < 1.29 is 9.53 Å². The largest absolute Gasteiger partial charge is 0.462 e. The summed E-state index contributed by atoms with van der Waals surface area (Å²) < 4.78 is 5.02. The molecule has 1 fully saturated rings. The van der Waals surface area contributed by atoms with Crippen LogP contribution in [-0.4, -0.2) is 12.6 Å². The van der Waals surface area contributed by atoms with Crippen molar-refractivity contribution in [2.45, 2.75) is 34.1 Å². The minimum Gasteiger partial charge on any atom is -0.462 e. The van der Waals surface area contributed by atoms with Gasteiger partial charge in [-0.05, 0) is 23.7 Å². The fourth-order valence-electron chi connectivity index (χ4n) is 1.33. The van der Waals surface area contributed by atoms with Crippen molar-refractivity contribution in [3.8, 4) is 0 Å². The van der Waals surface area contributed by atoms with E-state index in [1.807, 2.05) is 19.9 Å². The second kappa shape index (κ2) is 4.16. The number of rotatable bonds is 4. The summed E-state index contributed by atoms with van der Waals surface area (Å²) in [6, 6.07) is 0. The highest BCUT2D eigenvalue weighted by Crippen LogP contribution is 2.52. The fourth-order valence-corrected chi connectivity index (χ4v) is 1.33. The van der Waals surface area contributed by atoms with Gasteiger partial charge in [0.15, 0.2) is 0 Å². The Kier molecular flexibility index (Phi) is 3.35. The normalized spacial score (nSPS) is 24.2. The molecular formula is C12H20O2. The average molecular weight is 196 g/mol. The van der Waals surface area contributed by atoms with Crippen molar-refractivity contribution in [3.05, 3.63) is 12.2 Å². The standard InChI is InChI=1S/C12H20O2/c1-9(2)8-14-11(13)6-5-10-7-12(10,3)4/h5-6,9-10H,7-8H2,1-4H3. The maximum absolute atomic E-state index is 11.2. The van der Waals surface area contributed by atoms with Crippen molar-refractivity contribution in [2.24, 2.45) is 17.3 Å². The van der Waals surface area contributed by atoms with Gasteiger partial charge >= 0.3 is 5.97 Å². The van der Waals surface area contributed by atoms with Crippen LogP contribution in [0.4, 0.5) is 0 Å². The van der Waals surface area contributed by atoms with Gasteiger partial charge in [0, 0.05) is 6.08 Å². The number of hydrogen-bond acceptors (Lipinski definition) is 2. The van der Waals surface area contributed by atoms with E-state index in [-0.39, 0.29) is 5.97 Å². The van der Waals surface area contributed by atoms with Crippen LogP contribution in [-0.2, 0) is 9.53 Å². The summed E-state index contributed by atoms with van der Waals surface area (Å²) in [6.07, 6.45) is 4.73. The molecule has 14 heavy (non-hydrogen) atoms. The Balaban J connectivity index is 2.21. The lowest BCUT2D eigenvalue weighted by molar-refractivity contribution is -0.138. The third-order valence-electron chi connectivity index (χ3n) is 2.61. The van der Waals surface area contributed by atoms with Gasteiger partial charge in [0.1, 0.15) is 0 Å².